The third kappa shape index (κ3) is 5.90. The van der Waals surface area contributed by atoms with Crippen molar-refractivity contribution < 1.29 is 0 Å². The van der Waals surface area contributed by atoms with Crippen molar-refractivity contribution in [1.82, 2.24) is 59.0 Å². The Balaban J connectivity index is 0.000000150. The van der Waals surface area contributed by atoms with Gasteiger partial charge in [0.25, 0.3) is 0 Å². The van der Waals surface area contributed by atoms with E-state index < -0.39 is 0 Å². The zero-order valence-electron chi connectivity index (χ0n) is 26.6. The number of fused-ring (bicyclic) bond motifs is 2. The minimum atomic E-state index is 0.278. The summed E-state index contributed by atoms with van der Waals surface area (Å²) in [4.78, 5) is 12.0. The zero-order chi connectivity index (χ0) is 32.8. The smallest absolute Gasteiger partial charge is 0.165 e. The average molecular weight is 678 g/mol. The number of nitrogen functional groups attached to an aromatic ring is 2. The van der Waals surface area contributed by atoms with Gasteiger partial charge in [-0.15, -0.1) is 0 Å². The van der Waals surface area contributed by atoms with Crippen LogP contribution in [0.4, 0.5) is 11.6 Å². The van der Waals surface area contributed by atoms with Gasteiger partial charge in [0.15, 0.2) is 11.3 Å². The van der Waals surface area contributed by atoms with E-state index >= 15 is 0 Å². The highest BCUT2D eigenvalue weighted by Gasteiger charge is 2.27. The quantitative estimate of drug-likeness (QED) is 0.249. The van der Waals surface area contributed by atoms with Crippen LogP contribution in [0.3, 0.4) is 0 Å². The molecule has 14 nitrogen and oxygen atoms in total. The monoisotopic (exact) mass is 676 g/mol. The van der Waals surface area contributed by atoms with E-state index in [4.69, 9.17) is 44.6 Å². The summed E-state index contributed by atoms with van der Waals surface area (Å²) in [5.74, 6) is 1.45. The van der Waals surface area contributed by atoms with Crippen LogP contribution in [-0.4, -0.2) is 86.9 Å². The summed E-state index contributed by atoms with van der Waals surface area (Å²) in [6.07, 6.45) is 15.4. The lowest BCUT2D eigenvalue weighted by Crippen LogP contribution is -2.31. The highest BCUT2D eigenvalue weighted by Crippen LogP contribution is 2.37. The Kier molecular flexibility index (Phi) is 8.51. The molecule has 0 amide bonds. The van der Waals surface area contributed by atoms with Gasteiger partial charge < -0.3 is 21.7 Å². The average Bonchev–Trinajstić information content (AvgIpc) is 3.88. The fraction of sp³-hybridized carbons (Fsp3) is 0.419. The molecule has 5 N–H and O–H groups in total. The number of halogens is 2. The maximum Gasteiger partial charge on any atom is 0.165 e. The second-order valence-electron chi connectivity index (χ2n) is 12.4. The molecule has 6 aromatic heterocycles. The molecule has 16 heteroatoms. The van der Waals surface area contributed by atoms with Crippen LogP contribution < -0.4 is 16.8 Å². The van der Waals surface area contributed by atoms with Gasteiger partial charge in [-0.05, 0) is 45.8 Å². The molecule has 47 heavy (non-hydrogen) atoms. The van der Waals surface area contributed by atoms with E-state index in [9.17, 15) is 0 Å². The highest BCUT2D eigenvalue weighted by atomic mass is 35.5. The van der Waals surface area contributed by atoms with Crippen molar-refractivity contribution in [2.45, 2.75) is 37.5 Å². The number of nitrogens with zero attached hydrogens (tertiary/aromatic N) is 11. The molecule has 0 aliphatic carbocycles. The largest absolute Gasteiger partial charge is 0.382 e. The molecule has 8 rings (SSSR count). The first-order valence-electron chi connectivity index (χ1n) is 15.7. The van der Waals surface area contributed by atoms with E-state index in [1.807, 2.05) is 26.5 Å². The Bertz CT molecular complexity index is 2050. The molecule has 6 aromatic rings. The fourth-order valence-electron chi connectivity index (χ4n) is 6.57. The molecular weight excluding hydrogens is 639 g/mol. The topological polar surface area (TPSA) is 163 Å². The lowest BCUT2D eigenvalue weighted by atomic mass is 9.94. The number of anilines is 2. The number of hydrogen-bond donors (Lipinski definition) is 3. The Labute approximate surface area is 281 Å². The normalized spacial score (nSPS) is 18.9. The first-order chi connectivity index (χ1) is 22.7. The molecule has 2 saturated heterocycles. The number of nitrogens with two attached hydrogens (primary N) is 2. The van der Waals surface area contributed by atoms with Crippen LogP contribution in [0.2, 0.25) is 10.0 Å². The Morgan fingerprint density at radius 3 is 1.72 bits per heavy atom. The first kappa shape index (κ1) is 31.4. The van der Waals surface area contributed by atoms with E-state index in [1.54, 1.807) is 43.2 Å². The Hall–Kier alpha value is -4.24. The summed E-state index contributed by atoms with van der Waals surface area (Å²) in [6, 6.07) is 0. The van der Waals surface area contributed by atoms with Gasteiger partial charge in [-0.1, -0.05) is 23.2 Å². The van der Waals surface area contributed by atoms with Crippen molar-refractivity contribution in [2.75, 3.05) is 44.7 Å². The van der Waals surface area contributed by atoms with Gasteiger partial charge in [-0.3, -0.25) is 9.36 Å². The van der Waals surface area contributed by atoms with Crippen molar-refractivity contribution in [2.24, 2.45) is 14.1 Å². The van der Waals surface area contributed by atoms with Crippen molar-refractivity contribution in [3.63, 3.8) is 0 Å². The van der Waals surface area contributed by atoms with Crippen LogP contribution in [-0.2, 0) is 14.1 Å². The third-order valence-corrected chi connectivity index (χ3v) is 9.80. The molecule has 2 atom stereocenters. The van der Waals surface area contributed by atoms with Crippen molar-refractivity contribution in [3.05, 3.63) is 58.6 Å². The molecule has 2 unspecified atom stereocenters. The van der Waals surface area contributed by atoms with Gasteiger partial charge >= 0.3 is 0 Å². The summed E-state index contributed by atoms with van der Waals surface area (Å²) in [5, 5.41) is 21.6. The molecule has 0 aromatic carbocycles. The molecule has 246 valence electrons. The predicted octanol–water partition coefficient (Wildman–Crippen LogP) is 4.01. The third-order valence-electron chi connectivity index (χ3n) is 9.02. The maximum absolute atomic E-state index is 6.53. The maximum atomic E-state index is 6.53. The molecule has 8 heterocycles. The summed E-state index contributed by atoms with van der Waals surface area (Å²) >= 11 is 13.0. The van der Waals surface area contributed by atoms with Gasteiger partial charge in [0.2, 0.25) is 0 Å². The van der Waals surface area contributed by atoms with E-state index in [1.165, 1.54) is 0 Å². The van der Waals surface area contributed by atoms with Crippen molar-refractivity contribution in [1.29, 1.82) is 0 Å². The number of hydrogen-bond acceptors (Lipinski definition) is 10. The molecule has 2 aliphatic heterocycles. The summed E-state index contributed by atoms with van der Waals surface area (Å²) in [6.45, 7) is 3.97. The summed E-state index contributed by atoms with van der Waals surface area (Å²) in [7, 11) is 5.89. The van der Waals surface area contributed by atoms with Crippen LogP contribution in [0.5, 0.6) is 0 Å². The fourth-order valence-corrected chi connectivity index (χ4v) is 7.12. The van der Waals surface area contributed by atoms with Crippen LogP contribution in [0.25, 0.3) is 33.5 Å². The van der Waals surface area contributed by atoms with Gasteiger partial charge in [0.1, 0.15) is 21.7 Å². The number of likely N-dealkylation sites (tertiary alicyclic amines) is 1. The number of aromatic nitrogens is 10. The summed E-state index contributed by atoms with van der Waals surface area (Å²) < 4.78 is 6.73. The van der Waals surface area contributed by atoms with E-state index in [0.717, 1.165) is 96.8 Å². The number of rotatable bonds is 4. The van der Waals surface area contributed by atoms with Gasteiger partial charge in [-0.25, -0.2) is 9.97 Å². The molecule has 0 bridgehead atoms. The Morgan fingerprint density at radius 1 is 0.723 bits per heavy atom. The lowest BCUT2D eigenvalue weighted by Gasteiger charge is -2.30. The molecule has 2 fully saturated rings. The van der Waals surface area contributed by atoms with Crippen LogP contribution in [0.15, 0.2) is 37.2 Å². The van der Waals surface area contributed by atoms with Crippen LogP contribution in [0.1, 0.15) is 48.9 Å². The molecule has 0 spiro atoms. The van der Waals surface area contributed by atoms with Crippen molar-refractivity contribution >= 4 is 46.1 Å². The van der Waals surface area contributed by atoms with E-state index in [2.05, 4.69) is 37.7 Å². The second kappa shape index (κ2) is 12.8. The SMILES string of the molecule is CN1CCCC(c2nc3c(-c4cnn(C)c4)cnn3c(N)c2Cl)C1.Cn1cc(-c2cnn3c(N)c(Cl)c(C4CCCNC4)nc23)cn1. The number of piperidine rings is 2. The second-order valence-corrected chi connectivity index (χ2v) is 13.2. The molecule has 0 saturated carbocycles. The zero-order valence-corrected chi connectivity index (χ0v) is 28.1. The molecular formula is C31H38Cl2N14. The lowest BCUT2D eigenvalue weighted by molar-refractivity contribution is 0.248. The first-order valence-corrected chi connectivity index (χ1v) is 16.5. The summed E-state index contributed by atoms with van der Waals surface area (Å²) in [5.41, 5.74) is 19.4. The van der Waals surface area contributed by atoms with Gasteiger partial charge in [0, 0.05) is 73.7 Å². The minimum Gasteiger partial charge on any atom is -0.382 e. The Morgan fingerprint density at radius 2 is 1.26 bits per heavy atom. The van der Waals surface area contributed by atoms with Crippen molar-refractivity contribution in [3.8, 4) is 22.3 Å². The van der Waals surface area contributed by atoms with Gasteiger partial charge in [0.05, 0.1) is 36.2 Å². The minimum absolute atomic E-state index is 0.278. The van der Waals surface area contributed by atoms with E-state index in [-0.39, 0.29) is 5.92 Å². The molecule has 2 aliphatic rings. The number of aryl methyl sites for hydroxylation is 2. The number of likely N-dealkylation sites (N-methyl/N-ethyl adjacent to an activating group) is 1. The van der Waals surface area contributed by atoms with E-state index in [0.29, 0.717) is 27.6 Å². The highest BCUT2D eigenvalue weighted by molar-refractivity contribution is 6.34. The standard InChI is InChI=1S/C16H20ClN7.C15H18ClN7/c1-22-5-3-4-10(8-22)14-13(17)15(18)24-16(21-14)12(7-20-24)11-6-19-23(2)9-11;1-22-8-10(6-19-22)11-7-20-23-14(17)12(16)13(21-15(11)23)9-3-2-4-18-5-9/h6-7,9-10H,3-5,8,18H2,1-2H3;6-9,18H,2-5,17H2,1H3. The van der Waals surface area contributed by atoms with Crippen LogP contribution in [0, 0.1) is 0 Å². The number of nitrogens with one attached hydrogen (secondary N) is 1. The van der Waals surface area contributed by atoms with Crippen LogP contribution >= 0.6 is 23.2 Å². The van der Waals surface area contributed by atoms with Gasteiger partial charge in [-0.2, -0.15) is 29.4 Å². The molecule has 0 radical (unpaired) electrons. The predicted molar refractivity (Wildman–Crippen MR) is 184 cm³/mol.